The number of urea groups is 1. The first-order valence-corrected chi connectivity index (χ1v) is 7.93. The zero-order chi connectivity index (χ0) is 17.2. The molecule has 5 N–H and O–H groups in total. The van der Waals surface area contributed by atoms with Crippen molar-refractivity contribution in [3.63, 3.8) is 0 Å². The standard InChI is InChI=1S/C12H11ClN4O5S/c13-7-4-5-8(10(18)11(7)23(14,21)22)15-12(19)16-9-3-1-2-6-17(9)20/h1-6,18H,(H2,14,21,22)(H2,15,16,19). The molecule has 2 aromatic rings. The van der Waals surface area contributed by atoms with Gasteiger partial charge in [-0.3, -0.25) is 5.32 Å². The molecule has 1 heterocycles. The molecule has 11 heteroatoms. The first kappa shape index (κ1) is 16.8. The van der Waals surface area contributed by atoms with Gasteiger partial charge in [-0.05, 0) is 18.2 Å². The third-order valence-electron chi connectivity index (χ3n) is 2.68. The van der Waals surface area contributed by atoms with Crippen LogP contribution in [0.3, 0.4) is 0 Å². The largest absolute Gasteiger partial charge is 0.711 e. The number of nitrogens with two attached hydrogens (primary N) is 1. The van der Waals surface area contributed by atoms with E-state index < -0.39 is 26.7 Å². The number of phenolic OH excluding ortho intramolecular Hbond substituents is 1. The SMILES string of the molecule is NS(=O)(=O)c1c(Cl)ccc(NC(=O)Nc2cccc[n+]2[O-])c1O. The van der Waals surface area contributed by atoms with Crippen molar-refractivity contribution in [2.24, 2.45) is 5.14 Å². The van der Waals surface area contributed by atoms with Crippen LogP contribution in [0.15, 0.2) is 41.4 Å². The summed E-state index contributed by atoms with van der Waals surface area (Å²) in [6.45, 7) is 0. The first-order chi connectivity index (χ1) is 10.7. The number of hydrogen-bond acceptors (Lipinski definition) is 5. The van der Waals surface area contributed by atoms with Gasteiger partial charge in [0.05, 0.1) is 16.9 Å². The molecule has 0 saturated carbocycles. The Morgan fingerprint density at radius 1 is 1.26 bits per heavy atom. The minimum absolute atomic E-state index is 0.0647. The third kappa shape index (κ3) is 3.80. The number of phenols is 1. The van der Waals surface area contributed by atoms with E-state index in [2.05, 4.69) is 10.6 Å². The summed E-state index contributed by atoms with van der Waals surface area (Å²) in [5.41, 5.74) is -0.246. The number of carbonyl (C=O) groups excluding carboxylic acids is 1. The van der Waals surface area contributed by atoms with Crippen LogP contribution in [-0.2, 0) is 10.0 Å². The second-order valence-electron chi connectivity index (χ2n) is 4.31. The van der Waals surface area contributed by atoms with Gasteiger partial charge in [0.2, 0.25) is 10.0 Å². The van der Waals surface area contributed by atoms with Gasteiger partial charge in [0.25, 0.3) is 5.82 Å². The van der Waals surface area contributed by atoms with Crippen LogP contribution in [0.2, 0.25) is 5.02 Å². The van der Waals surface area contributed by atoms with E-state index in [9.17, 15) is 23.5 Å². The van der Waals surface area contributed by atoms with Crippen LogP contribution in [0.4, 0.5) is 16.3 Å². The number of halogens is 1. The normalized spacial score (nSPS) is 11.0. The second kappa shape index (κ2) is 6.28. The summed E-state index contributed by atoms with van der Waals surface area (Å²) in [4.78, 5) is 11.1. The highest BCUT2D eigenvalue weighted by atomic mass is 35.5. The smallest absolute Gasteiger partial charge is 0.411 e. The van der Waals surface area contributed by atoms with Crippen molar-refractivity contribution in [1.29, 1.82) is 0 Å². The Morgan fingerprint density at radius 3 is 2.57 bits per heavy atom. The summed E-state index contributed by atoms with van der Waals surface area (Å²) in [6, 6.07) is 5.81. The number of rotatable bonds is 3. The molecule has 0 spiro atoms. The highest BCUT2D eigenvalue weighted by molar-refractivity contribution is 7.89. The lowest BCUT2D eigenvalue weighted by Crippen LogP contribution is -2.33. The van der Waals surface area contributed by atoms with Gasteiger partial charge in [-0.2, -0.15) is 5.32 Å². The van der Waals surface area contributed by atoms with Gasteiger partial charge in [-0.25, -0.2) is 23.1 Å². The predicted molar refractivity (Wildman–Crippen MR) is 82.5 cm³/mol. The maximum atomic E-state index is 11.8. The summed E-state index contributed by atoms with van der Waals surface area (Å²) in [5, 5.41) is 30.4. The molecule has 23 heavy (non-hydrogen) atoms. The number of hydrogen-bond donors (Lipinski definition) is 4. The average molecular weight is 359 g/mol. The lowest BCUT2D eigenvalue weighted by atomic mass is 10.3. The molecule has 2 rings (SSSR count). The number of aromatic hydroxyl groups is 1. The lowest BCUT2D eigenvalue weighted by Gasteiger charge is -2.11. The van der Waals surface area contributed by atoms with Crippen molar-refractivity contribution in [3.05, 3.63) is 46.8 Å². The van der Waals surface area contributed by atoms with E-state index in [1.54, 1.807) is 0 Å². The minimum atomic E-state index is -4.30. The summed E-state index contributed by atoms with van der Waals surface area (Å²) in [5.74, 6) is -0.872. The molecule has 0 radical (unpaired) electrons. The number of sulfonamides is 1. The molecule has 0 aliphatic heterocycles. The van der Waals surface area contributed by atoms with Crippen molar-refractivity contribution in [2.75, 3.05) is 10.6 Å². The fraction of sp³-hybridized carbons (Fsp3) is 0. The van der Waals surface area contributed by atoms with Gasteiger partial charge in [-0.1, -0.05) is 17.7 Å². The van der Waals surface area contributed by atoms with Gasteiger partial charge in [-0.15, -0.1) is 0 Å². The fourth-order valence-electron chi connectivity index (χ4n) is 1.71. The van der Waals surface area contributed by atoms with Gasteiger partial charge in [0, 0.05) is 6.07 Å². The van der Waals surface area contributed by atoms with Crippen LogP contribution in [0, 0.1) is 5.21 Å². The number of nitrogens with one attached hydrogen (secondary N) is 2. The maximum Gasteiger partial charge on any atom is 0.411 e. The van der Waals surface area contributed by atoms with E-state index in [1.807, 2.05) is 0 Å². The Morgan fingerprint density at radius 2 is 1.96 bits per heavy atom. The van der Waals surface area contributed by atoms with E-state index >= 15 is 0 Å². The van der Waals surface area contributed by atoms with Crippen LogP contribution in [0.1, 0.15) is 0 Å². The van der Waals surface area contributed by atoms with E-state index in [4.69, 9.17) is 16.7 Å². The Balaban J connectivity index is 2.27. The highest BCUT2D eigenvalue weighted by Crippen LogP contribution is 2.36. The molecule has 0 saturated heterocycles. The Labute approximate surface area is 135 Å². The van der Waals surface area contributed by atoms with Gasteiger partial charge in [0.1, 0.15) is 4.90 Å². The number of anilines is 2. The second-order valence-corrected chi connectivity index (χ2v) is 6.21. The van der Waals surface area contributed by atoms with Crippen LogP contribution in [-0.4, -0.2) is 19.6 Å². The fourth-order valence-corrected chi connectivity index (χ4v) is 2.91. The topological polar surface area (TPSA) is 148 Å². The zero-order valence-electron chi connectivity index (χ0n) is 11.4. The van der Waals surface area contributed by atoms with E-state index in [1.165, 1.54) is 30.5 Å². The lowest BCUT2D eigenvalue weighted by molar-refractivity contribution is -0.590. The Hall–Kier alpha value is -2.56. The predicted octanol–water partition coefficient (Wildman–Crippen LogP) is 0.970. The van der Waals surface area contributed by atoms with Crippen LogP contribution in [0.5, 0.6) is 5.75 Å². The van der Waals surface area contributed by atoms with Crippen molar-refractivity contribution >= 4 is 39.2 Å². The number of aromatic nitrogens is 1. The highest BCUT2D eigenvalue weighted by Gasteiger charge is 2.23. The molecular formula is C12H11ClN4O5S. The third-order valence-corrected chi connectivity index (χ3v) is 4.09. The van der Waals surface area contributed by atoms with Crippen LogP contribution in [0.25, 0.3) is 0 Å². The van der Waals surface area contributed by atoms with Gasteiger partial charge >= 0.3 is 6.03 Å². The molecule has 9 nitrogen and oxygen atoms in total. The molecule has 1 aromatic carbocycles. The molecule has 0 bridgehead atoms. The number of nitrogens with zero attached hydrogens (tertiary/aromatic N) is 1. The van der Waals surface area contributed by atoms with Gasteiger partial charge in [0.15, 0.2) is 5.75 Å². The summed E-state index contributed by atoms with van der Waals surface area (Å²) < 4.78 is 23.2. The first-order valence-electron chi connectivity index (χ1n) is 6.00. The van der Waals surface area contributed by atoms with Crippen molar-refractivity contribution in [1.82, 2.24) is 0 Å². The Bertz CT molecular complexity index is 872. The van der Waals surface area contributed by atoms with Crippen LogP contribution >= 0.6 is 11.6 Å². The summed E-state index contributed by atoms with van der Waals surface area (Å²) >= 11 is 5.68. The van der Waals surface area contributed by atoms with E-state index in [0.29, 0.717) is 4.73 Å². The Kier molecular flexibility index (Phi) is 4.59. The van der Waals surface area contributed by atoms with Crippen molar-refractivity contribution in [3.8, 4) is 5.75 Å². The van der Waals surface area contributed by atoms with Gasteiger partial charge < -0.3 is 10.3 Å². The average Bonchev–Trinajstić information content (AvgIpc) is 2.43. The van der Waals surface area contributed by atoms with Crippen LogP contribution < -0.4 is 20.5 Å². The van der Waals surface area contributed by atoms with E-state index in [0.717, 1.165) is 6.07 Å². The van der Waals surface area contributed by atoms with E-state index in [-0.39, 0.29) is 16.5 Å². The molecule has 0 aliphatic carbocycles. The van der Waals surface area contributed by atoms with Crippen molar-refractivity contribution in [2.45, 2.75) is 4.90 Å². The zero-order valence-corrected chi connectivity index (χ0v) is 12.9. The summed E-state index contributed by atoms with van der Waals surface area (Å²) in [7, 11) is -4.30. The molecule has 0 aliphatic rings. The molecule has 0 fully saturated rings. The quantitative estimate of drug-likeness (QED) is 0.366. The number of benzene rings is 1. The molecule has 2 amide bonds. The minimum Gasteiger partial charge on any atom is -0.711 e. The number of carbonyl (C=O) groups is 1. The number of pyridine rings is 1. The number of primary sulfonamides is 1. The van der Waals surface area contributed by atoms with Crippen molar-refractivity contribution < 1.29 is 23.0 Å². The summed E-state index contributed by atoms with van der Waals surface area (Å²) in [6.07, 6.45) is 1.18. The molecule has 122 valence electrons. The molecule has 1 aromatic heterocycles. The molecule has 0 unspecified atom stereocenters. The molecule has 0 atom stereocenters. The molecular weight excluding hydrogens is 348 g/mol. The monoisotopic (exact) mass is 358 g/mol. The maximum absolute atomic E-state index is 11.8. The number of amides is 2.